The third-order valence-corrected chi connectivity index (χ3v) is 5.24. The van der Waals surface area contributed by atoms with Crippen LogP contribution in [0.1, 0.15) is 17.5 Å². The highest BCUT2D eigenvalue weighted by Crippen LogP contribution is 2.29. The lowest BCUT2D eigenvalue weighted by Gasteiger charge is -2.11. The van der Waals surface area contributed by atoms with Crippen LogP contribution in [0.3, 0.4) is 0 Å². The number of halogens is 1. The molecule has 1 unspecified atom stereocenters. The predicted octanol–water partition coefficient (Wildman–Crippen LogP) is 3.04. The molecule has 0 amide bonds. The molecule has 28 heavy (non-hydrogen) atoms. The summed E-state index contributed by atoms with van der Waals surface area (Å²) in [5.74, 6) is 1.35. The number of rotatable bonds is 8. The van der Waals surface area contributed by atoms with Crippen LogP contribution in [0, 0.1) is 0 Å². The summed E-state index contributed by atoms with van der Waals surface area (Å²) in [5.41, 5.74) is 7.56. The van der Waals surface area contributed by atoms with Gasteiger partial charge in [0.2, 0.25) is 0 Å². The fourth-order valence-corrected chi connectivity index (χ4v) is 3.80. The van der Waals surface area contributed by atoms with E-state index in [1.54, 1.807) is 0 Å². The molecule has 2 aromatic rings. The minimum Gasteiger partial charge on any atom is -0.457 e. The highest BCUT2D eigenvalue weighted by Gasteiger charge is 2.31. The van der Waals surface area contributed by atoms with Gasteiger partial charge in [-0.05, 0) is 41.8 Å². The van der Waals surface area contributed by atoms with Gasteiger partial charge >= 0.3 is 0 Å². The van der Waals surface area contributed by atoms with Crippen molar-refractivity contribution in [3.63, 3.8) is 0 Å². The number of nitrogens with two attached hydrogens (primary N) is 1. The largest absolute Gasteiger partial charge is 0.457 e. The number of hydrogen-bond acceptors (Lipinski definition) is 7. The van der Waals surface area contributed by atoms with Gasteiger partial charge in [-0.25, -0.2) is 0 Å². The van der Waals surface area contributed by atoms with Crippen molar-refractivity contribution in [2.75, 3.05) is 0 Å². The van der Waals surface area contributed by atoms with Gasteiger partial charge in [0.1, 0.15) is 11.5 Å². The van der Waals surface area contributed by atoms with Crippen molar-refractivity contribution >= 4 is 41.5 Å². The quantitative estimate of drug-likeness (QED) is 0.397. The highest BCUT2D eigenvalue weighted by molar-refractivity contribution is 8.15. The molecule has 6 nitrogen and oxygen atoms in total. The molecule has 0 spiro atoms. The summed E-state index contributed by atoms with van der Waals surface area (Å²) in [7, 11) is 0. The minimum absolute atomic E-state index is 0. The summed E-state index contributed by atoms with van der Waals surface area (Å²) >= 11 is 1.13. The van der Waals surface area contributed by atoms with Crippen LogP contribution >= 0.6 is 24.2 Å². The molecule has 0 aromatic heterocycles. The summed E-state index contributed by atoms with van der Waals surface area (Å²) in [6, 6.07) is 14.8. The lowest BCUT2D eigenvalue weighted by atomic mass is 10.1. The molecule has 1 fully saturated rings. The van der Waals surface area contributed by atoms with Crippen molar-refractivity contribution in [3.8, 4) is 11.5 Å². The average Bonchev–Trinajstić information content (AvgIpc) is 2.95. The van der Waals surface area contributed by atoms with Gasteiger partial charge < -0.3 is 9.47 Å². The second-order valence-electron chi connectivity index (χ2n) is 6.19. The van der Waals surface area contributed by atoms with Gasteiger partial charge in [0.05, 0.1) is 11.7 Å². The van der Waals surface area contributed by atoms with E-state index < -0.39 is 6.23 Å². The first-order valence-corrected chi connectivity index (χ1v) is 9.34. The Bertz CT molecular complexity index is 825. The van der Waals surface area contributed by atoms with E-state index in [1.165, 1.54) is 0 Å². The molecule has 2 N–H and O–H groups in total. The van der Waals surface area contributed by atoms with Crippen LogP contribution in [0.2, 0.25) is 0 Å². The molecule has 0 bridgehead atoms. The first kappa shape index (κ1) is 21.9. The number of ketones is 1. The van der Waals surface area contributed by atoms with Gasteiger partial charge in [-0.1, -0.05) is 36.0 Å². The van der Waals surface area contributed by atoms with E-state index in [-0.39, 0.29) is 35.0 Å². The Hall–Kier alpha value is -2.35. The minimum atomic E-state index is -0.665. The Kier molecular flexibility index (Phi) is 8.04. The Morgan fingerprint density at radius 3 is 2.11 bits per heavy atom. The summed E-state index contributed by atoms with van der Waals surface area (Å²) in [6.07, 6.45) is 0.349. The first-order valence-electron chi connectivity index (χ1n) is 8.46. The fourth-order valence-electron chi connectivity index (χ4n) is 2.77. The van der Waals surface area contributed by atoms with E-state index in [0.717, 1.165) is 22.9 Å². The second kappa shape index (κ2) is 10.3. The molecule has 148 valence electrons. The normalized spacial score (nSPS) is 17.0. The third-order valence-electron chi connectivity index (χ3n) is 4.12. The summed E-state index contributed by atoms with van der Waals surface area (Å²) in [5, 5.41) is -0.321. The molecular weight excluding hydrogens is 402 g/mol. The van der Waals surface area contributed by atoms with Gasteiger partial charge in [-0.15, -0.1) is 12.4 Å². The molecule has 2 atom stereocenters. The zero-order valence-corrected chi connectivity index (χ0v) is 16.5. The van der Waals surface area contributed by atoms with Crippen LogP contribution in [0.15, 0.2) is 48.5 Å². The highest BCUT2D eigenvalue weighted by atomic mass is 35.5. The van der Waals surface area contributed by atoms with E-state index in [2.05, 4.69) is 4.74 Å². The van der Waals surface area contributed by atoms with Gasteiger partial charge in [0.15, 0.2) is 17.1 Å². The van der Waals surface area contributed by atoms with Crippen molar-refractivity contribution in [3.05, 3.63) is 59.7 Å². The Morgan fingerprint density at radius 1 is 1.04 bits per heavy atom. The molecule has 1 aliphatic rings. The first-order chi connectivity index (χ1) is 13.0. The molecule has 1 heterocycles. The van der Waals surface area contributed by atoms with E-state index in [9.17, 15) is 14.4 Å². The molecule has 2 aromatic carbocycles. The number of hydrogen-bond donors (Lipinski definition) is 1. The van der Waals surface area contributed by atoms with Crippen LogP contribution in [0.4, 0.5) is 0 Å². The lowest BCUT2D eigenvalue weighted by Crippen LogP contribution is -2.25. The standard InChI is InChI=1S/C20H19NO5S.ClH/c21-19(25-12-22)10-14-3-7-16(8-4-14)26-15-5-1-13(2-6-15)9-18-17(23)11-20(24)27-18;/h1-8,12,18-19H,9-11,21H2;1H/t18?,19-;/m1./s1. The van der Waals surface area contributed by atoms with E-state index in [0.29, 0.717) is 30.8 Å². The monoisotopic (exact) mass is 421 g/mol. The van der Waals surface area contributed by atoms with Crippen LogP contribution in [-0.4, -0.2) is 28.8 Å². The molecule has 8 heteroatoms. The van der Waals surface area contributed by atoms with Gasteiger partial charge in [0.25, 0.3) is 6.47 Å². The maximum absolute atomic E-state index is 11.7. The molecule has 1 aliphatic heterocycles. The second-order valence-corrected chi connectivity index (χ2v) is 7.45. The van der Waals surface area contributed by atoms with E-state index >= 15 is 0 Å². The maximum atomic E-state index is 11.7. The number of thioether (sulfide) groups is 1. The Labute approximate surface area is 173 Å². The van der Waals surface area contributed by atoms with Crippen molar-refractivity contribution in [2.45, 2.75) is 30.7 Å². The van der Waals surface area contributed by atoms with E-state index in [4.69, 9.17) is 10.5 Å². The topological polar surface area (TPSA) is 95.7 Å². The van der Waals surface area contributed by atoms with Crippen molar-refractivity contribution in [1.82, 2.24) is 0 Å². The van der Waals surface area contributed by atoms with Crippen LogP contribution in [0.5, 0.6) is 11.5 Å². The van der Waals surface area contributed by atoms with Gasteiger partial charge in [-0.2, -0.15) is 0 Å². The van der Waals surface area contributed by atoms with Crippen molar-refractivity contribution in [2.24, 2.45) is 5.73 Å². The fraction of sp³-hybridized carbons (Fsp3) is 0.250. The van der Waals surface area contributed by atoms with Crippen molar-refractivity contribution in [1.29, 1.82) is 0 Å². The number of carbonyl (C=O) groups excluding carboxylic acids is 3. The van der Waals surface area contributed by atoms with Gasteiger partial charge in [0, 0.05) is 6.42 Å². The molecular formula is C20H20ClNO5S. The molecule has 0 radical (unpaired) electrons. The summed E-state index contributed by atoms with van der Waals surface area (Å²) < 4.78 is 10.5. The number of benzene rings is 2. The number of carbonyl (C=O) groups is 3. The van der Waals surface area contributed by atoms with Crippen LogP contribution in [-0.2, 0) is 32.0 Å². The number of ether oxygens (including phenoxy) is 2. The Morgan fingerprint density at radius 2 is 1.61 bits per heavy atom. The lowest BCUT2D eigenvalue weighted by molar-refractivity contribution is -0.133. The molecule has 0 aliphatic carbocycles. The van der Waals surface area contributed by atoms with Crippen LogP contribution < -0.4 is 10.5 Å². The predicted molar refractivity (Wildman–Crippen MR) is 109 cm³/mol. The Balaban J connectivity index is 0.00000280. The van der Waals surface area contributed by atoms with E-state index in [1.807, 2.05) is 48.5 Å². The summed E-state index contributed by atoms with van der Waals surface area (Å²) in [4.78, 5) is 33.3. The van der Waals surface area contributed by atoms with Gasteiger partial charge in [-0.3, -0.25) is 20.1 Å². The average molecular weight is 422 g/mol. The number of Topliss-reactive ketones (excluding diaryl/α,β-unsaturated/α-hetero) is 1. The molecule has 3 rings (SSSR count). The molecule has 0 saturated carbocycles. The maximum Gasteiger partial charge on any atom is 0.294 e. The summed E-state index contributed by atoms with van der Waals surface area (Å²) in [6.45, 7) is 0.338. The smallest absolute Gasteiger partial charge is 0.294 e. The van der Waals surface area contributed by atoms with Crippen molar-refractivity contribution < 1.29 is 23.9 Å². The molecule has 1 saturated heterocycles. The SMILES string of the molecule is Cl.N[C@@H](Cc1ccc(Oc2ccc(CC3SC(=O)CC3=O)cc2)cc1)OC=O. The zero-order valence-electron chi connectivity index (χ0n) is 14.9. The van der Waals surface area contributed by atoms with Crippen LogP contribution in [0.25, 0.3) is 0 Å². The third kappa shape index (κ3) is 6.09. The zero-order chi connectivity index (χ0) is 19.2.